The SMILES string of the molecule is CC(=O)N1CCCc2cc(C)ccc21. The largest absolute Gasteiger partial charge is 0.312 e. The molecule has 1 amide bonds. The summed E-state index contributed by atoms with van der Waals surface area (Å²) >= 11 is 0. The van der Waals surface area contributed by atoms with Gasteiger partial charge in [-0.05, 0) is 31.4 Å². The third-order valence-corrected chi connectivity index (χ3v) is 2.73. The first kappa shape index (κ1) is 9.25. The average molecular weight is 189 g/mol. The van der Waals surface area contributed by atoms with E-state index >= 15 is 0 Å². The Morgan fingerprint density at radius 1 is 1.43 bits per heavy atom. The molecule has 2 rings (SSSR count). The quantitative estimate of drug-likeness (QED) is 0.613. The number of hydrogen-bond donors (Lipinski definition) is 0. The van der Waals surface area contributed by atoms with Crippen molar-refractivity contribution in [2.75, 3.05) is 11.4 Å². The van der Waals surface area contributed by atoms with E-state index in [0.717, 1.165) is 25.1 Å². The van der Waals surface area contributed by atoms with E-state index in [0.29, 0.717) is 0 Å². The lowest BCUT2D eigenvalue weighted by Gasteiger charge is -2.28. The molecule has 0 radical (unpaired) electrons. The summed E-state index contributed by atoms with van der Waals surface area (Å²) in [7, 11) is 0. The van der Waals surface area contributed by atoms with Crippen LogP contribution < -0.4 is 4.90 Å². The number of anilines is 1. The standard InChI is InChI=1S/C12H15NO/c1-9-5-6-12-11(8-9)4-3-7-13(12)10(2)14/h5-6,8H,3-4,7H2,1-2H3. The Morgan fingerprint density at radius 2 is 2.21 bits per heavy atom. The van der Waals surface area contributed by atoms with E-state index in [4.69, 9.17) is 0 Å². The number of carbonyl (C=O) groups is 1. The molecule has 0 spiro atoms. The second-order valence-electron chi connectivity index (χ2n) is 3.91. The lowest BCUT2D eigenvalue weighted by Crippen LogP contribution is -2.33. The number of benzene rings is 1. The third kappa shape index (κ3) is 1.52. The van der Waals surface area contributed by atoms with Crippen LogP contribution in [0.4, 0.5) is 5.69 Å². The van der Waals surface area contributed by atoms with E-state index in [1.165, 1.54) is 11.1 Å². The number of rotatable bonds is 0. The van der Waals surface area contributed by atoms with Crippen molar-refractivity contribution in [2.24, 2.45) is 0 Å². The molecule has 0 N–H and O–H groups in total. The first-order valence-corrected chi connectivity index (χ1v) is 5.06. The van der Waals surface area contributed by atoms with Crippen LogP contribution in [0.15, 0.2) is 18.2 Å². The Hall–Kier alpha value is -1.31. The summed E-state index contributed by atoms with van der Waals surface area (Å²) in [6.45, 7) is 4.59. The average Bonchev–Trinajstić information content (AvgIpc) is 2.16. The Morgan fingerprint density at radius 3 is 2.93 bits per heavy atom. The molecule has 2 nitrogen and oxygen atoms in total. The molecule has 1 aliphatic heterocycles. The van der Waals surface area contributed by atoms with Crippen LogP contribution in [0.2, 0.25) is 0 Å². The lowest BCUT2D eigenvalue weighted by molar-refractivity contribution is -0.116. The minimum absolute atomic E-state index is 0.148. The highest BCUT2D eigenvalue weighted by Gasteiger charge is 2.19. The summed E-state index contributed by atoms with van der Waals surface area (Å²) in [4.78, 5) is 13.2. The Labute approximate surface area is 84.5 Å². The predicted molar refractivity (Wildman–Crippen MR) is 57.5 cm³/mol. The zero-order chi connectivity index (χ0) is 10.1. The highest BCUT2D eigenvalue weighted by atomic mass is 16.2. The maximum absolute atomic E-state index is 11.4. The van der Waals surface area contributed by atoms with Gasteiger partial charge in [0.1, 0.15) is 0 Å². The van der Waals surface area contributed by atoms with Crippen LogP contribution in [0, 0.1) is 6.92 Å². The van der Waals surface area contributed by atoms with E-state index in [1.807, 2.05) is 4.90 Å². The molecular formula is C12H15NO. The van der Waals surface area contributed by atoms with Crippen molar-refractivity contribution in [1.29, 1.82) is 0 Å². The van der Waals surface area contributed by atoms with Crippen molar-refractivity contribution >= 4 is 11.6 Å². The summed E-state index contributed by atoms with van der Waals surface area (Å²) in [5, 5.41) is 0. The van der Waals surface area contributed by atoms with Gasteiger partial charge in [0.25, 0.3) is 0 Å². The number of aryl methyl sites for hydroxylation is 2. The van der Waals surface area contributed by atoms with Gasteiger partial charge in [-0.25, -0.2) is 0 Å². The fraction of sp³-hybridized carbons (Fsp3) is 0.417. The van der Waals surface area contributed by atoms with E-state index in [9.17, 15) is 4.79 Å². The lowest BCUT2D eigenvalue weighted by atomic mass is 10.00. The van der Waals surface area contributed by atoms with Gasteiger partial charge in [0.2, 0.25) is 5.91 Å². The maximum atomic E-state index is 11.4. The molecule has 2 heteroatoms. The van der Waals surface area contributed by atoms with Crippen LogP contribution in [-0.4, -0.2) is 12.5 Å². The first-order valence-electron chi connectivity index (χ1n) is 5.06. The second-order valence-corrected chi connectivity index (χ2v) is 3.91. The van der Waals surface area contributed by atoms with E-state index in [2.05, 4.69) is 25.1 Å². The van der Waals surface area contributed by atoms with Crippen molar-refractivity contribution in [3.8, 4) is 0 Å². The third-order valence-electron chi connectivity index (χ3n) is 2.73. The van der Waals surface area contributed by atoms with Crippen LogP contribution in [0.1, 0.15) is 24.5 Å². The molecule has 0 saturated heterocycles. The van der Waals surface area contributed by atoms with Crippen LogP contribution >= 0.6 is 0 Å². The van der Waals surface area contributed by atoms with Crippen LogP contribution in [0.25, 0.3) is 0 Å². The van der Waals surface area contributed by atoms with Crippen molar-refractivity contribution in [3.05, 3.63) is 29.3 Å². The zero-order valence-corrected chi connectivity index (χ0v) is 8.71. The Kier molecular flexibility index (Phi) is 2.28. The van der Waals surface area contributed by atoms with Crippen molar-refractivity contribution < 1.29 is 4.79 Å². The molecule has 0 bridgehead atoms. The van der Waals surface area contributed by atoms with Gasteiger partial charge in [-0.15, -0.1) is 0 Å². The van der Waals surface area contributed by atoms with Gasteiger partial charge in [0.05, 0.1) is 0 Å². The monoisotopic (exact) mass is 189 g/mol. The number of nitrogens with zero attached hydrogens (tertiary/aromatic N) is 1. The molecule has 1 aromatic carbocycles. The molecule has 0 aromatic heterocycles. The first-order chi connectivity index (χ1) is 6.68. The fourth-order valence-electron chi connectivity index (χ4n) is 2.05. The van der Waals surface area contributed by atoms with Gasteiger partial charge in [-0.2, -0.15) is 0 Å². The number of carbonyl (C=O) groups excluding carboxylic acids is 1. The van der Waals surface area contributed by atoms with Crippen molar-refractivity contribution in [3.63, 3.8) is 0 Å². The predicted octanol–water partition coefficient (Wildman–Crippen LogP) is 2.29. The summed E-state index contributed by atoms with van der Waals surface area (Å²) in [5.41, 5.74) is 3.69. The Bertz CT molecular complexity index is 371. The summed E-state index contributed by atoms with van der Waals surface area (Å²) in [6.07, 6.45) is 2.18. The molecule has 1 aliphatic rings. The zero-order valence-electron chi connectivity index (χ0n) is 8.71. The van der Waals surface area contributed by atoms with Gasteiger partial charge in [0.15, 0.2) is 0 Å². The molecule has 1 aromatic rings. The highest BCUT2D eigenvalue weighted by Crippen LogP contribution is 2.27. The summed E-state index contributed by atoms with van der Waals surface area (Å²) in [5.74, 6) is 0.148. The molecular weight excluding hydrogens is 174 g/mol. The van der Waals surface area contributed by atoms with Gasteiger partial charge in [-0.1, -0.05) is 17.7 Å². The van der Waals surface area contributed by atoms with Crippen LogP contribution in [0.5, 0.6) is 0 Å². The normalized spacial score (nSPS) is 15.1. The molecule has 0 aliphatic carbocycles. The van der Waals surface area contributed by atoms with E-state index in [-0.39, 0.29) is 5.91 Å². The minimum atomic E-state index is 0.148. The summed E-state index contributed by atoms with van der Waals surface area (Å²) < 4.78 is 0. The highest BCUT2D eigenvalue weighted by molar-refractivity contribution is 5.92. The van der Waals surface area contributed by atoms with E-state index in [1.54, 1.807) is 6.92 Å². The van der Waals surface area contributed by atoms with Gasteiger partial charge < -0.3 is 4.90 Å². The summed E-state index contributed by atoms with van der Waals surface area (Å²) in [6, 6.07) is 6.32. The van der Waals surface area contributed by atoms with Gasteiger partial charge >= 0.3 is 0 Å². The Balaban J connectivity index is 2.44. The smallest absolute Gasteiger partial charge is 0.223 e. The van der Waals surface area contributed by atoms with Crippen molar-refractivity contribution in [2.45, 2.75) is 26.7 Å². The topological polar surface area (TPSA) is 20.3 Å². The molecule has 0 fully saturated rings. The molecule has 0 atom stereocenters. The number of hydrogen-bond acceptors (Lipinski definition) is 1. The fourth-order valence-corrected chi connectivity index (χ4v) is 2.05. The van der Waals surface area contributed by atoms with Gasteiger partial charge in [-0.3, -0.25) is 4.79 Å². The van der Waals surface area contributed by atoms with E-state index < -0.39 is 0 Å². The molecule has 0 saturated carbocycles. The molecule has 14 heavy (non-hydrogen) atoms. The number of fused-ring (bicyclic) bond motifs is 1. The maximum Gasteiger partial charge on any atom is 0.223 e. The van der Waals surface area contributed by atoms with Crippen LogP contribution in [-0.2, 0) is 11.2 Å². The number of amides is 1. The molecule has 74 valence electrons. The second kappa shape index (κ2) is 3.45. The molecule has 1 heterocycles. The van der Waals surface area contributed by atoms with Gasteiger partial charge in [0, 0.05) is 19.2 Å². The van der Waals surface area contributed by atoms with Crippen molar-refractivity contribution in [1.82, 2.24) is 0 Å². The molecule has 0 unspecified atom stereocenters. The minimum Gasteiger partial charge on any atom is -0.312 e. The van der Waals surface area contributed by atoms with Crippen LogP contribution in [0.3, 0.4) is 0 Å².